The zero-order valence-corrected chi connectivity index (χ0v) is 17.0. The molecule has 0 atom stereocenters. The Hall–Kier alpha value is -3.05. The summed E-state index contributed by atoms with van der Waals surface area (Å²) in [5.74, 6) is 0.209. The Morgan fingerprint density at radius 1 is 1.10 bits per heavy atom. The predicted molar refractivity (Wildman–Crippen MR) is 116 cm³/mol. The minimum atomic E-state index is -1.01. The summed E-state index contributed by atoms with van der Waals surface area (Å²) in [6, 6.07) is 18.8. The van der Waals surface area contributed by atoms with Gasteiger partial charge in [0.15, 0.2) is 5.60 Å². The number of benzene rings is 3. The number of amides is 2. The molecule has 0 unspecified atom stereocenters. The van der Waals surface area contributed by atoms with E-state index in [0.29, 0.717) is 16.5 Å². The molecule has 3 aromatic rings. The van der Waals surface area contributed by atoms with Crippen LogP contribution < -0.4 is 15.0 Å². The zero-order valence-electron chi connectivity index (χ0n) is 16.2. The van der Waals surface area contributed by atoms with Gasteiger partial charge in [-0.25, -0.2) is 0 Å². The Kier molecular flexibility index (Phi) is 4.92. The van der Waals surface area contributed by atoms with Crippen LogP contribution in [0.25, 0.3) is 10.8 Å². The zero-order chi connectivity index (χ0) is 20.6. The van der Waals surface area contributed by atoms with E-state index in [1.165, 1.54) is 0 Å². The van der Waals surface area contributed by atoms with Gasteiger partial charge in [0.25, 0.3) is 5.91 Å². The van der Waals surface area contributed by atoms with Crippen molar-refractivity contribution in [1.29, 1.82) is 0 Å². The molecule has 5 nitrogen and oxygen atoms in total. The lowest BCUT2D eigenvalue weighted by Crippen LogP contribution is -2.53. The van der Waals surface area contributed by atoms with Crippen molar-refractivity contribution in [3.05, 3.63) is 65.7 Å². The van der Waals surface area contributed by atoms with Crippen LogP contribution in [0.15, 0.2) is 60.7 Å². The number of carbonyl (C=O) groups is 2. The molecule has 29 heavy (non-hydrogen) atoms. The summed E-state index contributed by atoms with van der Waals surface area (Å²) in [6.07, 6.45) is 0.150. The maximum atomic E-state index is 12.9. The van der Waals surface area contributed by atoms with E-state index >= 15 is 0 Å². The van der Waals surface area contributed by atoms with Crippen LogP contribution in [-0.2, 0) is 9.59 Å². The molecule has 0 saturated carbocycles. The number of hydrogen-bond donors (Lipinski definition) is 1. The molecule has 0 spiro atoms. The Morgan fingerprint density at radius 2 is 1.86 bits per heavy atom. The van der Waals surface area contributed by atoms with E-state index < -0.39 is 5.60 Å². The number of fused-ring (bicyclic) bond motifs is 2. The van der Waals surface area contributed by atoms with Crippen molar-refractivity contribution in [1.82, 2.24) is 0 Å². The summed E-state index contributed by atoms with van der Waals surface area (Å²) in [5.41, 5.74) is 0.331. The topological polar surface area (TPSA) is 58.6 Å². The molecule has 3 aromatic carbocycles. The van der Waals surface area contributed by atoms with Crippen molar-refractivity contribution in [2.24, 2.45) is 0 Å². The van der Waals surface area contributed by atoms with Gasteiger partial charge in [-0.05, 0) is 43.5 Å². The largest absolute Gasteiger partial charge is 0.476 e. The number of carbonyl (C=O) groups excluding carboxylic acids is 2. The summed E-state index contributed by atoms with van der Waals surface area (Å²) in [6.45, 7) is 3.67. The average molecular weight is 409 g/mol. The molecule has 0 saturated heterocycles. The van der Waals surface area contributed by atoms with Gasteiger partial charge in [0.2, 0.25) is 5.91 Å². The molecule has 0 bridgehead atoms. The van der Waals surface area contributed by atoms with Crippen molar-refractivity contribution >= 4 is 45.6 Å². The number of ether oxygens (including phenoxy) is 1. The molecule has 1 aliphatic heterocycles. The highest BCUT2D eigenvalue weighted by atomic mass is 35.5. The lowest BCUT2D eigenvalue weighted by atomic mass is 10.0. The van der Waals surface area contributed by atoms with Crippen LogP contribution in [0, 0.1) is 0 Å². The standard InChI is InChI=1S/C23H21ClN2O3/c1-23(2)22(28)26(19-14-16(24)10-11-20(19)29-23)13-12-21(27)25-18-9-5-7-15-6-3-4-8-17(15)18/h3-11,14H,12-13H2,1-2H3,(H,25,27). The van der Waals surface area contributed by atoms with E-state index in [1.54, 1.807) is 36.9 Å². The van der Waals surface area contributed by atoms with Gasteiger partial charge in [-0.15, -0.1) is 0 Å². The minimum Gasteiger partial charge on any atom is -0.476 e. The second-order valence-corrected chi connectivity index (χ2v) is 7.94. The van der Waals surface area contributed by atoms with Gasteiger partial charge < -0.3 is 15.0 Å². The number of halogens is 1. The fourth-order valence-electron chi connectivity index (χ4n) is 3.52. The van der Waals surface area contributed by atoms with Crippen molar-refractivity contribution in [3.63, 3.8) is 0 Å². The van der Waals surface area contributed by atoms with Crippen molar-refractivity contribution in [2.45, 2.75) is 25.9 Å². The van der Waals surface area contributed by atoms with Gasteiger partial charge >= 0.3 is 0 Å². The first-order valence-electron chi connectivity index (χ1n) is 9.43. The van der Waals surface area contributed by atoms with E-state index in [9.17, 15) is 9.59 Å². The fourth-order valence-corrected chi connectivity index (χ4v) is 3.69. The van der Waals surface area contributed by atoms with Crippen molar-refractivity contribution < 1.29 is 14.3 Å². The van der Waals surface area contributed by atoms with E-state index in [0.717, 1.165) is 16.5 Å². The lowest BCUT2D eigenvalue weighted by molar-refractivity contribution is -0.132. The third-order valence-corrected chi connectivity index (χ3v) is 5.20. The maximum Gasteiger partial charge on any atom is 0.270 e. The van der Waals surface area contributed by atoms with Crippen LogP contribution in [0.5, 0.6) is 5.75 Å². The number of nitrogens with zero attached hydrogens (tertiary/aromatic N) is 1. The second-order valence-electron chi connectivity index (χ2n) is 7.51. The Labute approximate surface area is 174 Å². The predicted octanol–water partition coefficient (Wildman–Crippen LogP) is 5.03. The molecule has 0 fully saturated rings. The Balaban J connectivity index is 1.53. The van der Waals surface area contributed by atoms with E-state index in [-0.39, 0.29) is 24.8 Å². The summed E-state index contributed by atoms with van der Waals surface area (Å²) < 4.78 is 5.82. The van der Waals surface area contributed by atoms with Gasteiger partial charge in [0.05, 0.1) is 5.69 Å². The summed E-state index contributed by atoms with van der Waals surface area (Å²) >= 11 is 6.11. The van der Waals surface area contributed by atoms with Crippen LogP contribution >= 0.6 is 11.6 Å². The molecule has 0 radical (unpaired) electrons. The smallest absolute Gasteiger partial charge is 0.270 e. The van der Waals surface area contributed by atoms with E-state index in [4.69, 9.17) is 16.3 Å². The molecule has 4 rings (SSSR count). The number of nitrogens with one attached hydrogen (secondary N) is 1. The third kappa shape index (κ3) is 3.78. The molecule has 2 amide bonds. The highest BCUT2D eigenvalue weighted by Crippen LogP contribution is 2.39. The van der Waals surface area contributed by atoms with E-state index in [2.05, 4.69) is 5.32 Å². The van der Waals surface area contributed by atoms with Crippen LogP contribution in [0.1, 0.15) is 20.3 Å². The van der Waals surface area contributed by atoms with Gasteiger partial charge in [0, 0.05) is 29.1 Å². The number of hydrogen-bond acceptors (Lipinski definition) is 3. The summed E-state index contributed by atoms with van der Waals surface area (Å²) in [5, 5.41) is 5.50. The normalized spacial score (nSPS) is 15.0. The second kappa shape index (κ2) is 7.41. The fraction of sp³-hybridized carbons (Fsp3) is 0.217. The van der Waals surface area contributed by atoms with Crippen LogP contribution in [0.2, 0.25) is 5.02 Å². The first-order chi connectivity index (χ1) is 13.8. The molecule has 0 aliphatic carbocycles. The van der Waals surface area contributed by atoms with E-state index in [1.807, 2.05) is 42.5 Å². The molecule has 1 heterocycles. The van der Waals surface area contributed by atoms with Gasteiger partial charge in [0.1, 0.15) is 5.75 Å². The number of anilines is 2. The highest BCUT2D eigenvalue weighted by molar-refractivity contribution is 6.31. The van der Waals surface area contributed by atoms with Crippen LogP contribution in [0.4, 0.5) is 11.4 Å². The first kappa shape index (κ1) is 19.3. The van der Waals surface area contributed by atoms with Crippen molar-refractivity contribution in [3.8, 4) is 5.75 Å². The van der Waals surface area contributed by atoms with Gasteiger partial charge in [-0.1, -0.05) is 48.0 Å². The maximum absolute atomic E-state index is 12.9. The highest BCUT2D eigenvalue weighted by Gasteiger charge is 2.40. The molecule has 1 aliphatic rings. The Morgan fingerprint density at radius 3 is 2.69 bits per heavy atom. The molecule has 148 valence electrons. The summed E-state index contributed by atoms with van der Waals surface area (Å²) in [7, 11) is 0. The third-order valence-electron chi connectivity index (χ3n) is 4.96. The molecule has 1 N–H and O–H groups in total. The molecule has 6 heteroatoms. The number of rotatable bonds is 4. The van der Waals surface area contributed by atoms with Gasteiger partial charge in [-0.3, -0.25) is 9.59 Å². The van der Waals surface area contributed by atoms with Crippen LogP contribution in [0.3, 0.4) is 0 Å². The monoisotopic (exact) mass is 408 g/mol. The summed E-state index contributed by atoms with van der Waals surface area (Å²) in [4.78, 5) is 27.1. The minimum absolute atomic E-state index is 0.150. The molecular formula is C23H21ClN2O3. The first-order valence-corrected chi connectivity index (χ1v) is 9.81. The average Bonchev–Trinajstić information content (AvgIpc) is 2.69. The van der Waals surface area contributed by atoms with Gasteiger partial charge in [-0.2, -0.15) is 0 Å². The SMILES string of the molecule is CC1(C)Oc2ccc(Cl)cc2N(CCC(=O)Nc2cccc3ccccc23)C1=O. The van der Waals surface area contributed by atoms with Crippen LogP contribution in [-0.4, -0.2) is 24.0 Å². The quantitative estimate of drug-likeness (QED) is 0.659. The van der Waals surface area contributed by atoms with Crippen molar-refractivity contribution in [2.75, 3.05) is 16.8 Å². The Bertz CT molecular complexity index is 1100. The lowest BCUT2D eigenvalue weighted by Gasteiger charge is -2.38. The molecular weight excluding hydrogens is 388 g/mol. The molecule has 0 aromatic heterocycles.